The highest BCUT2D eigenvalue weighted by molar-refractivity contribution is 9.10. The van der Waals surface area contributed by atoms with Gasteiger partial charge >= 0.3 is 5.97 Å². The van der Waals surface area contributed by atoms with Gasteiger partial charge in [-0.25, -0.2) is 13.2 Å². The number of carboxylic acids is 1. The first-order valence-corrected chi connectivity index (χ1v) is 9.10. The number of hydrogen-bond donors (Lipinski definition) is 1. The summed E-state index contributed by atoms with van der Waals surface area (Å²) in [6.07, 6.45) is 2.61. The highest BCUT2D eigenvalue weighted by Gasteiger charge is 2.32. The predicted octanol–water partition coefficient (Wildman–Crippen LogP) is 3.36. The molecular weight excluding hydrogens is 382 g/mol. The van der Waals surface area contributed by atoms with Crippen LogP contribution < -0.4 is 0 Å². The molecule has 0 spiro atoms. The molecule has 0 bridgehead atoms. The summed E-state index contributed by atoms with van der Waals surface area (Å²) in [4.78, 5) is 11.1. The Bertz CT molecular complexity index is 677. The highest BCUT2D eigenvalue weighted by atomic mass is 79.9. The summed E-state index contributed by atoms with van der Waals surface area (Å²) in [5.41, 5.74) is -0.228. The van der Waals surface area contributed by atoms with Gasteiger partial charge in [0, 0.05) is 17.1 Å². The average molecular weight is 397 g/mol. The molecule has 2 rings (SSSR count). The Hall–Kier alpha value is -0.630. The van der Waals surface area contributed by atoms with Crippen LogP contribution in [0.2, 0.25) is 5.02 Å². The molecule has 116 valence electrons. The molecule has 1 aromatic rings. The number of hydrogen-bond acceptors (Lipinski definition) is 3. The molecule has 0 aliphatic carbocycles. The van der Waals surface area contributed by atoms with Crippen molar-refractivity contribution in [1.82, 2.24) is 4.31 Å². The Morgan fingerprint density at radius 1 is 1.43 bits per heavy atom. The molecule has 0 radical (unpaired) electrons. The topological polar surface area (TPSA) is 74.7 Å². The van der Waals surface area contributed by atoms with E-state index in [0.717, 1.165) is 25.3 Å². The molecule has 21 heavy (non-hydrogen) atoms. The Kier molecular flexibility index (Phi) is 4.97. The van der Waals surface area contributed by atoms with Crippen LogP contribution in [0.3, 0.4) is 0 Å². The van der Waals surface area contributed by atoms with E-state index in [9.17, 15) is 13.2 Å². The van der Waals surface area contributed by atoms with Gasteiger partial charge in [-0.05, 0) is 47.8 Å². The molecule has 1 aliphatic rings. The highest BCUT2D eigenvalue weighted by Crippen LogP contribution is 2.32. The van der Waals surface area contributed by atoms with Crippen molar-refractivity contribution in [2.75, 3.05) is 6.54 Å². The van der Waals surface area contributed by atoms with E-state index in [2.05, 4.69) is 15.9 Å². The molecule has 8 heteroatoms. The van der Waals surface area contributed by atoms with Crippen molar-refractivity contribution in [3.8, 4) is 0 Å². The first-order valence-electron chi connectivity index (χ1n) is 6.49. The van der Waals surface area contributed by atoms with Crippen LogP contribution in [-0.4, -0.2) is 36.4 Å². The zero-order chi connectivity index (χ0) is 15.8. The number of carboxylic acid groups (broad SMARTS) is 1. The van der Waals surface area contributed by atoms with Crippen molar-refractivity contribution in [2.24, 2.45) is 0 Å². The third-order valence-corrected chi connectivity index (χ3v) is 6.83. The van der Waals surface area contributed by atoms with E-state index in [0.29, 0.717) is 6.54 Å². The molecule has 0 saturated carbocycles. The predicted molar refractivity (Wildman–Crippen MR) is 83.3 cm³/mol. The van der Waals surface area contributed by atoms with Crippen molar-refractivity contribution in [3.63, 3.8) is 0 Å². The first-order chi connectivity index (χ1) is 9.75. The molecule has 1 saturated heterocycles. The van der Waals surface area contributed by atoms with Gasteiger partial charge in [0.25, 0.3) is 0 Å². The number of nitrogens with zero attached hydrogens (tertiary/aromatic N) is 1. The van der Waals surface area contributed by atoms with E-state index >= 15 is 0 Å². The monoisotopic (exact) mass is 395 g/mol. The first kappa shape index (κ1) is 16.7. The number of benzene rings is 1. The lowest BCUT2D eigenvalue weighted by Crippen LogP contribution is -2.41. The van der Waals surface area contributed by atoms with Gasteiger partial charge in [0.15, 0.2) is 0 Å². The molecule has 1 aromatic carbocycles. The van der Waals surface area contributed by atoms with E-state index in [1.165, 1.54) is 10.4 Å². The lowest BCUT2D eigenvalue weighted by Gasteiger charge is -2.32. The standard InChI is InChI=1S/C13H15BrClNO4S/c1-8-4-2-3-5-16(8)21(19,20)9-6-10(13(17)18)12(15)11(14)7-9/h6-8H,2-5H2,1H3,(H,17,18). The van der Waals surface area contributed by atoms with Crippen molar-refractivity contribution < 1.29 is 18.3 Å². The molecule has 1 fully saturated rings. The lowest BCUT2D eigenvalue weighted by molar-refractivity contribution is 0.0696. The van der Waals surface area contributed by atoms with Gasteiger partial charge in [-0.2, -0.15) is 4.31 Å². The maximum Gasteiger partial charge on any atom is 0.337 e. The second kappa shape index (κ2) is 6.24. The number of halogens is 2. The maximum atomic E-state index is 12.7. The summed E-state index contributed by atoms with van der Waals surface area (Å²) >= 11 is 9.01. The van der Waals surface area contributed by atoms with Crippen LogP contribution in [0.5, 0.6) is 0 Å². The van der Waals surface area contributed by atoms with Crippen LogP contribution in [0.1, 0.15) is 36.5 Å². The minimum absolute atomic E-state index is 0.00635. The summed E-state index contributed by atoms with van der Waals surface area (Å²) in [5.74, 6) is -1.26. The van der Waals surface area contributed by atoms with Gasteiger partial charge in [0.1, 0.15) is 0 Å². The normalized spacial score (nSPS) is 20.4. The molecule has 1 aliphatic heterocycles. The third-order valence-electron chi connectivity index (χ3n) is 3.58. The molecule has 1 atom stereocenters. The smallest absolute Gasteiger partial charge is 0.337 e. The molecule has 5 nitrogen and oxygen atoms in total. The second-order valence-corrected chi connectivity index (χ2v) is 8.16. The minimum atomic E-state index is -3.73. The van der Waals surface area contributed by atoms with Gasteiger partial charge in [-0.1, -0.05) is 18.0 Å². The van der Waals surface area contributed by atoms with Crippen LogP contribution in [-0.2, 0) is 10.0 Å². The molecule has 1 heterocycles. The van der Waals surface area contributed by atoms with E-state index < -0.39 is 16.0 Å². The Labute approximate surface area is 137 Å². The SMILES string of the molecule is CC1CCCCN1S(=O)(=O)c1cc(Br)c(Cl)c(C(=O)O)c1. The lowest BCUT2D eigenvalue weighted by atomic mass is 10.1. The fraction of sp³-hybridized carbons (Fsp3) is 0.462. The van der Waals surface area contributed by atoms with Crippen molar-refractivity contribution >= 4 is 43.5 Å². The Morgan fingerprint density at radius 2 is 2.10 bits per heavy atom. The maximum absolute atomic E-state index is 12.7. The average Bonchev–Trinajstić information content (AvgIpc) is 2.41. The van der Waals surface area contributed by atoms with E-state index in [1.54, 1.807) is 0 Å². The summed E-state index contributed by atoms with van der Waals surface area (Å²) in [6, 6.07) is 2.38. The molecule has 1 unspecified atom stereocenters. The van der Waals surface area contributed by atoms with Crippen molar-refractivity contribution in [1.29, 1.82) is 0 Å². The fourth-order valence-electron chi connectivity index (χ4n) is 2.43. The molecular formula is C13H15BrClNO4S. The van der Waals surface area contributed by atoms with Crippen LogP contribution in [0.15, 0.2) is 21.5 Å². The Morgan fingerprint density at radius 3 is 2.67 bits per heavy atom. The van der Waals surface area contributed by atoms with Crippen LogP contribution in [0.25, 0.3) is 0 Å². The number of sulfonamides is 1. The van der Waals surface area contributed by atoms with Gasteiger partial charge in [0.2, 0.25) is 10.0 Å². The fourth-order valence-corrected chi connectivity index (χ4v) is 4.99. The zero-order valence-electron chi connectivity index (χ0n) is 11.3. The van der Waals surface area contributed by atoms with Crippen LogP contribution >= 0.6 is 27.5 Å². The third kappa shape index (κ3) is 3.26. The summed E-state index contributed by atoms with van der Waals surface area (Å²) in [7, 11) is -3.73. The van der Waals surface area contributed by atoms with Gasteiger partial charge in [0.05, 0.1) is 15.5 Å². The summed E-state index contributed by atoms with van der Waals surface area (Å²) in [6.45, 7) is 2.31. The minimum Gasteiger partial charge on any atom is -0.478 e. The van der Waals surface area contributed by atoms with Crippen molar-refractivity contribution in [3.05, 3.63) is 27.2 Å². The number of rotatable bonds is 3. The van der Waals surface area contributed by atoms with E-state index in [4.69, 9.17) is 16.7 Å². The van der Waals surface area contributed by atoms with Crippen LogP contribution in [0, 0.1) is 0 Å². The molecule has 0 amide bonds. The number of piperidine rings is 1. The number of carbonyl (C=O) groups is 1. The van der Waals surface area contributed by atoms with Gasteiger partial charge < -0.3 is 5.11 Å². The zero-order valence-corrected chi connectivity index (χ0v) is 14.5. The second-order valence-electron chi connectivity index (χ2n) is 5.03. The number of aromatic carboxylic acids is 1. The largest absolute Gasteiger partial charge is 0.478 e. The van der Waals surface area contributed by atoms with Crippen LogP contribution in [0.4, 0.5) is 0 Å². The van der Waals surface area contributed by atoms with Gasteiger partial charge in [-0.3, -0.25) is 0 Å². The molecule has 0 aromatic heterocycles. The summed E-state index contributed by atoms with van der Waals surface area (Å²) < 4.78 is 27.1. The Balaban J connectivity index is 2.52. The van der Waals surface area contributed by atoms with E-state index in [-0.39, 0.29) is 26.0 Å². The quantitative estimate of drug-likeness (QED) is 0.850. The van der Waals surface area contributed by atoms with Crippen molar-refractivity contribution in [2.45, 2.75) is 37.1 Å². The van der Waals surface area contributed by atoms with E-state index in [1.807, 2.05) is 6.92 Å². The van der Waals surface area contributed by atoms with Gasteiger partial charge in [-0.15, -0.1) is 0 Å². The molecule has 1 N–H and O–H groups in total. The summed E-state index contributed by atoms with van der Waals surface area (Å²) in [5, 5.41) is 9.12.